The monoisotopic (exact) mass is 702 g/mol. The first-order valence-electron chi connectivity index (χ1n) is 17.2. The maximum atomic E-state index is 6.27. The van der Waals surface area contributed by atoms with E-state index >= 15 is 0 Å². The van der Waals surface area contributed by atoms with Crippen molar-refractivity contribution in [3.63, 3.8) is 0 Å². The summed E-state index contributed by atoms with van der Waals surface area (Å²) in [4.78, 5) is 4.21. The van der Waals surface area contributed by atoms with Crippen LogP contribution in [0.3, 0.4) is 0 Å². The smallest absolute Gasteiger partial charge is 0.161 e. The molecule has 0 unspecified atom stereocenters. The normalized spacial score (nSPS) is 11.8. The standard InChI is InChI=1S/C44H26N6O2S/c1-3-11-27(12-4-1)49(29-19-21-33-31-15-7-9-17-35(31)51-37(33)23-29)41-25-39-43(47-45-41)44-40(53-39)26-42(46-48-44)50(28-13-5-2-6-14-28)30-20-22-34-32-16-8-10-18-36(32)52-38(34)24-30/h1-26H. The van der Waals surface area contributed by atoms with Crippen LogP contribution in [0, 0.1) is 0 Å². The Bertz CT molecular complexity index is 2940. The van der Waals surface area contributed by atoms with Crippen LogP contribution in [0.15, 0.2) is 167 Å². The summed E-state index contributed by atoms with van der Waals surface area (Å²) in [5.41, 5.74) is 8.51. The molecule has 9 heteroatoms. The van der Waals surface area contributed by atoms with E-state index in [2.05, 4.69) is 94.7 Å². The summed E-state index contributed by atoms with van der Waals surface area (Å²) in [6.07, 6.45) is 0. The fourth-order valence-electron chi connectivity index (χ4n) is 7.24. The molecule has 8 nitrogen and oxygen atoms in total. The molecule has 53 heavy (non-hydrogen) atoms. The lowest BCUT2D eigenvalue weighted by molar-refractivity contribution is 0.668. The molecule has 5 aromatic heterocycles. The third kappa shape index (κ3) is 4.82. The summed E-state index contributed by atoms with van der Waals surface area (Å²) in [6, 6.07) is 53.3. The van der Waals surface area contributed by atoms with Crippen LogP contribution in [0.25, 0.3) is 64.3 Å². The van der Waals surface area contributed by atoms with Crippen LogP contribution in [-0.2, 0) is 0 Å². The highest BCUT2D eigenvalue weighted by atomic mass is 32.1. The molecule has 0 radical (unpaired) electrons. The fraction of sp³-hybridized carbons (Fsp3) is 0. The maximum Gasteiger partial charge on any atom is 0.161 e. The van der Waals surface area contributed by atoms with E-state index in [0.29, 0.717) is 22.7 Å². The minimum atomic E-state index is 0.684. The molecule has 6 aromatic carbocycles. The Kier molecular flexibility index (Phi) is 6.55. The minimum Gasteiger partial charge on any atom is -0.456 e. The van der Waals surface area contributed by atoms with Gasteiger partial charge in [0, 0.05) is 57.2 Å². The molecule has 0 aliphatic rings. The number of nitrogens with zero attached hydrogens (tertiary/aromatic N) is 6. The number of hydrogen-bond donors (Lipinski definition) is 0. The molecule has 0 amide bonds. The number of benzene rings is 6. The van der Waals surface area contributed by atoms with Crippen molar-refractivity contribution in [3.05, 3.63) is 158 Å². The van der Waals surface area contributed by atoms with Crippen LogP contribution in [0.2, 0.25) is 0 Å². The van der Waals surface area contributed by atoms with Crippen LogP contribution in [-0.4, -0.2) is 20.4 Å². The molecule has 0 aliphatic heterocycles. The molecule has 5 heterocycles. The quantitative estimate of drug-likeness (QED) is 0.169. The van der Waals surface area contributed by atoms with Gasteiger partial charge >= 0.3 is 0 Å². The first kappa shape index (κ1) is 29.6. The van der Waals surface area contributed by atoms with E-state index in [1.165, 1.54) is 0 Å². The van der Waals surface area contributed by atoms with Gasteiger partial charge in [-0.15, -0.1) is 31.7 Å². The minimum absolute atomic E-state index is 0.684. The third-order valence-corrected chi connectivity index (χ3v) is 10.7. The number of rotatable bonds is 6. The predicted octanol–water partition coefficient (Wildman–Crippen LogP) is 12.4. The summed E-state index contributed by atoms with van der Waals surface area (Å²) >= 11 is 1.62. The van der Waals surface area contributed by atoms with Crippen molar-refractivity contribution in [2.45, 2.75) is 0 Å². The van der Waals surface area contributed by atoms with Crippen LogP contribution < -0.4 is 9.80 Å². The Morgan fingerprint density at radius 2 is 0.774 bits per heavy atom. The number of aromatic nitrogens is 4. The molecule has 0 spiro atoms. The Hall–Kier alpha value is -7.10. The molecule has 0 saturated carbocycles. The van der Waals surface area contributed by atoms with Crippen LogP contribution >= 0.6 is 11.3 Å². The number of para-hydroxylation sites is 4. The van der Waals surface area contributed by atoms with Crippen LogP contribution in [0.5, 0.6) is 0 Å². The van der Waals surface area contributed by atoms with Crippen LogP contribution in [0.4, 0.5) is 34.4 Å². The van der Waals surface area contributed by atoms with E-state index in [1.807, 2.05) is 72.8 Å². The van der Waals surface area contributed by atoms with Crippen molar-refractivity contribution >= 4 is 110 Å². The second kappa shape index (κ2) is 11.7. The van der Waals surface area contributed by atoms with E-state index in [4.69, 9.17) is 29.2 Å². The zero-order valence-corrected chi connectivity index (χ0v) is 28.7. The molecular weight excluding hydrogens is 677 g/mol. The molecule has 0 atom stereocenters. The second-order valence-electron chi connectivity index (χ2n) is 12.8. The SMILES string of the molecule is c1ccc(N(c2ccc3c(c2)oc2ccccc23)c2cc3sc4cc(N(c5ccccc5)c5ccc6c(c5)oc5ccccc56)nnc4c3nn2)cc1. The largest absolute Gasteiger partial charge is 0.456 e. The second-order valence-corrected chi connectivity index (χ2v) is 13.9. The van der Waals surface area contributed by atoms with Gasteiger partial charge in [0.2, 0.25) is 0 Å². The topological polar surface area (TPSA) is 84.3 Å². The van der Waals surface area contributed by atoms with Crippen LogP contribution in [0.1, 0.15) is 0 Å². The highest BCUT2D eigenvalue weighted by Crippen LogP contribution is 2.42. The van der Waals surface area contributed by atoms with Crippen molar-refractivity contribution in [1.29, 1.82) is 0 Å². The number of fused-ring (bicyclic) bond motifs is 9. The van der Waals surface area contributed by atoms with Gasteiger partial charge in [0.25, 0.3) is 0 Å². The van der Waals surface area contributed by atoms with Gasteiger partial charge in [-0.3, -0.25) is 9.80 Å². The molecule has 0 saturated heterocycles. The number of hydrogen-bond acceptors (Lipinski definition) is 9. The lowest BCUT2D eigenvalue weighted by Crippen LogP contribution is -2.12. The van der Waals surface area contributed by atoms with Crippen molar-refractivity contribution in [2.75, 3.05) is 9.80 Å². The molecule has 11 rings (SSSR count). The average Bonchev–Trinajstić information content (AvgIpc) is 3.89. The molecular formula is C44H26N6O2S. The Morgan fingerprint density at radius 3 is 1.25 bits per heavy atom. The van der Waals surface area contributed by atoms with E-state index in [-0.39, 0.29) is 0 Å². The van der Waals surface area contributed by atoms with Gasteiger partial charge in [0.15, 0.2) is 11.6 Å². The number of thiophene rings is 1. The van der Waals surface area contributed by atoms with Gasteiger partial charge in [-0.25, -0.2) is 0 Å². The molecule has 0 fully saturated rings. The van der Waals surface area contributed by atoms with Gasteiger partial charge in [0.1, 0.15) is 33.4 Å². The van der Waals surface area contributed by atoms with Gasteiger partial charge in [-0.2, -0.15) is 0 Å². The molecule has 0 aliphatic carbocycles. The molecule has 0 bridgehead atoms. The highest BCUT2D eigenvalue weighted by molar-refractivity contribution is 7.25. The highest BCUT2D eigenvalue weighted by Gasteiger charge is 2.22. The molecule has 11 aromatic rings. The van der Waals surface area contributed by atoms with Crippen molar-refractivity contribution in [1.82, 2.24) is 20.4 Å². The third-order valence-electron chi connectivity index (χ3n) is 9.66. The zero-order chi connectivity index (χ0) is 34.9. The Morgan fingerprint density at radius 1 is 0.358 bits per heavy atom. The van der Waals surface area contributed by atoms with E-state index in [0.717, 1.165) is 76.0 Å². The average molecular weight is 703 g/mol. The lowest BCUT2D eigenvalue weighted by Gasteiger charge is -2.23. The van der Waals surface area contributed by atoms with Gasteiger partial charge in [-0.1, -0.05) is 72.8 Å². The van der Waals surface area contributed by atoms with Gasteiger partial charge < -0.3 is 8.83 Å². The fourth-order valence-corrected chi connectivity index (χ4v) is 8.27. The van der Waals surface area contributed by atoms with Crippen molar-refractivity contribution < 1.29 is 8.83 Å². The van der Waals surface area contributed by atoms with Gasteiger partial charge in [0.05, 0.1) is 20.8 Å². The Labute approximate surface area is 305 Å². The zero-order valence-electron chi connectivity index (χ0n) is 27.9. The molecule has 0 N–H and O–H groups in total. The number of furan rings is 2. The summed E-state index contributed by atoms with van der Waals surface area (Å²) < 4.78 is 14.4. The Balaban J connectivity index is 1.03. The number of anilines is 6. The van der Waals surface area contributed by atoms with E-state index in [1.54, 1.807) is 11.3 Å². The van der Waals surface area contributed by atoms with E-state index in [9.17, 15) is 0 Å². The summed E-state index contributed by atoms with van der Waals surface area (Å²) in [5.74, 6) is 1.37. The van der Waals surface area contributed by atoms with Gasteiger partial charge in [-0.05, 0) is 60.7 Å². The maximum absolute atomic E-state index is 6.27. The summed E-state index contributed by atoms with van der Waals surface area (Å²) in [7, 11) is 0. The summed E-state index contributed by atoms with van der Waals surface area (Å²) in [5, 5.41) is 23.4. The summed E-state index contributed by atoms with van der Waals surface area (Å²) in [6.45, 7) is 0. The predicted molar refractivity (Wildman–Crippen MR) is 214 cm³/mol. The first-order chi connectivity index (χ1) is 26.2. The first-order valence-corrected chi connectivity index (χ1v) is 18.0. The lowest BCUT2D eigenvalue weighted by atomic mass is 10.1. The van der Waals surface area contributed by atoms with Crippen molar-refractivity contribution in [2.24, 2.45) is 0 Å². The van der Waals surface area contributed by atoms with E-state index < -0.39 is 0 Å². The molecule has 250 valence electrons. The van der Waals surface area contributed by atoms with Crippen molar-refractivity contribution in [3.8, 4) is 0 Å².